The minimum Gasteiger partial charge on any atom is -0.319 e. The summed E-state index contributed by atoms with van der Waals surface area (Å²) in [7, 11) is 0. The molecular formula is C8H13N3O3. The van der Waals surface area contributed by atoms with Crippen LogP contribution >= 0.6 is 0 Å². The second kappa shape index (κ2) is 5.74. The molecule has 6 nitrogen and oxygen atoms in total. The van der Waals surface area contributed by atoms with Gasteiger partial charge in [-0.05, 0) is 6.08 Å². The fraction of sp³-hybridized carbons (Fsp3) is 0.375. The average Bonchev–Trinajstić information content (AvgIpc) is 2.18. The smallest absolute Gasteiger partial charge is 0.246 e. The van der Waals surface area contributed by atoms with E-state index in [-0.39, 0.29) is 0 Å². The van der Waals surface area contributed by atoms with E-state index >= 15 is 0 Å². The minimum atomic E-state index is -1.24. The number of carbonyl (C=O) groups excluding carboxylic acids is 3. The summed E-state index contributed by atoms with van der Waals surface area (Å²) in [6.07, 6.45) is 2.14. The fourth-order valence-electron chi connectivity index (χ4n) is 0.869. The van der Waals surface area contributed by atoms with Crippen LogP contribution in [0.5, 0.6) is 0 Å². The zero-order valence-corrected chi connectivity index (χ0v) is 7.87. The number of carbonyl (C=O) groups is 3. The molecular weight excluding hydrogens is 186 g/mol. The van der Waals surface area contributed by atoms with E-state index in [4.69, 9.17) is 0 Å². The van der Waals surface area contributed by atoms with Crippen molar-refractivity contribution in [2.24, 2.45) is 0 Å². The molecule has 0 atom stereocenters. The van der Waals surface area contributed by atoms with Crippen LogP contribution in [-0.4, -0.2) is 24.5 Å². The van der Waals surface area contributed by atoms with Crippen molar-refractivity contribution in [2.45, 2.75) is 19.1 Å². The molecule has 78 valence electrons. The molecule has 0 unspecified atom stereocenters. The van der Waals surface area contributed by atoms with Gasteiger partial charge in [-0.15, -0.1) is 0 Å². The van der Waals surface area contributed by atoms with Crippen LogP contribution in [0.1, 0.15) is 13.3 Å². The third-order valence-corrected chi connectivity index (χ3v) is 1.66. The maximum absolute atomic E-state index is 11.0. The molecule has 0 aromatic carbocycles. The van der Waals surface area contributed by atoms with Crippen LogP contribution in [0.25, 0.3) is 0 Å². The van der Waals surface area contributed by atoms with Gasteiger partial charge in [0, 0.05) is 6.42 Å². The Morgan fingerprint density at radius 2 is 1.86 bits per heavy atom. The Kier molecular flexibility index (Phi) is 4.98. The van der Waals surface area contributed by atoms with Crippen molar-refractivity contribution in [2.75, 3.05) is 0 Å². The molecule has 14 heavy (non-hydrogen) atoms. The number of nitrogens with one attached hydrogen (secondary N) is 3. The fourth-order valence-corrected chi connectivity index (χ4v) is 0.869. The number of hydrogen-bond donors (Lipinski definition) is 3. The molecule has 0 fully saturated rings. The lowest BCUT2D eigenvalue weighted by molar-refractivity contribution is -0.122. The summed E-state index contributed by atoms with van der Waals surface area (Å²) >= 11 is 0. The highest BCUT2D eigenvalue weighted by atomic mass is 16.2. The van der Waals surface area contributed by atoms with Gasteiger partial charge < -0.3 is 16.0 Å². The van der Waals surface area contributed by atoms with Gasteiger partial charge in [0.25, 0.3) is 0 Å². The van der Waals surface area contributed by atoms with Gasteiger partial charge in [-0.25, -0.2) is 0 Å². The van der Waals surface area contributed by atoms with E-state index in [0.29, 0.717) is 19.2 Å². The molecule has 6 heteroatoms. The van der Waals surface area contributed by atoms with Crippen molar-refractivity contribution < 1.29 is 14.4 Å². The minimum absolute atomic E-state index is 0.310. The first-order chi connectivity index (χ1) is 6.64. The van der Waals surface area contributed by atoms with E-state index < -0.39 is 11.7 Å². The van der Waals surface area contributed by atoms with Crippen LogP contribution in [0.2, 0.25) is 0 Å². The van der Waals surface area contributed by atoms with Crippen LogP contribution in [0.15, 0.2) is 12.7 Å². The molecule has 0 saturated heterocycles. The van der Waals surface area contributed by atoms with Crippen molar-refractivity contribution in [1.82, 2.24) is 16.0 Å². The largest absolute Gasteiger partial charge is 0.319 e. The number of rotatable bonds is 7. The van der Waals surface area contributed by atoms with E-state index in [2.05, 4.69) is 22.5 Å². The summed E-state index contributed by atoms with van der Waals surface area (Å²) in [5.74, 6) is -1.73. The van der Waals surface area contributed by atoms with E-state index in [1.54, 1.807) is 6.92 Å². The highest BCUT2D eigenvalue weighted by Crippen LogP contribution is 1.99. The third-order valence-electron chi connectivity index (χ3n) is 1.66. The highest BCUT2D eigenvalue weighted by molar-refractivity contribution is 5.87. The first-order valence-corrected chi connectivity index (χ1v) is 4.01. The molecule has 0 aromatic rings. The summed E-state index contributed by atoms with van der Waals surface area (Å²) in [5.41, 5.74) is 0. The second-order valence-corrected chi connectivity index (χ2v) is 2.48. The SMILES string of the molecule is C=CC(=O)NC(CC)(NC=O)NC=O. The van der Waals surface area contributed by atoms with Crippen molar-refractivity contribution in [3.05, 3.63) is 12.7 Å². The van der Waals surface area contributed by atoms with E-state index in [0.717, 1.165) is 6.08 Å². The molecule has 0 radical (unpaired) electrons. The normalized spacial score (nSPS) is 9.79. The Morgan fingerprint density at radius 1 is 1.36 bits per heavy atom. The van der Waals surface area contributed by atoms with E-state index in [1.165, 1.54) is 0 Å². The Labute approximate surface area is 81.7 Å². The van der Waals surface area contributed by atoms with Crippen LogP contribution in [0.4, 0.5) is 0 Å². The Hall–Kier alpha value is -1.85. The van der Waals surface area contributed by atoms with Gasteiger partial charge in [0.15, 0.2) is 5.79 Å². The first-order valence-electron chi connectivity index (χ1n) is 4.01. The molecule has 3 N–H and O–H groups in total. The first kappa shape index (κ1) is 12.2. The van der Waals surface area contributed by atoms with Crippen molar-refractivity contribution in [3.63, 3.8) is 0 Å². The summed E-state index contributed by atoms with van der Waals surface area (Å²) in [6, 6.07) is 0. The standard InChI is InChI=1S/C8H13N3O3/c1-3-7(14)11-8(4-2,9-5-12)10-6-13/h3,5-6H,1,4H2,2H3,(H,9,12)(H,10,13)(H,11,14). The summed E-state index contributed by atoms with van der Waals surface area (Å²) in [6.45, 7) is 4.95. The van der Waals surface area contributed by atoms with Gasteiger partial charge >= 0.3 is 0 Å². The van der Waals surface area contributed by atoms with Gasteiger partial charge in [0.1, 0.15) is 0 Å². The van der Waals surface area contributed by atoms with Gasteiger partial charge in [-0.2, -0.15) is 0 Å². The van der Waals surface area contributed by atoms with Crippen LogP contribution in [0.3, 0.4) is 0 Å². The molecule has 0 spiro atoms. The zero-order valence-electron chi connectivity index (χ0n) is 7.87. The lowest BCUT2D eigenvalue weighted by Gasteiger charge is -2.31. The summed E-state index contributed by atoms with van der Waals surface area (Å²) < 4.78 is 0. The maximum atomic E-state index is 11.0. The molecule has 0 heterocycles. The van der Waals surface area contributed by atoms with E-state index in [1.807, 2.05) is 0 Å². The van der Waals surface area contributed by atoms with Crippen LogP contribution in [-0.2, 0) is 14.4 Å². The molecule has 0 rings (SSSR count). The predicted octanol–water partition coefficient (Wildman–Crippen LogP) is -1.16. The summed E-state index contributed by atoms with van der Waals surface area (Å²) in [5, 5.41) is 7.01. The predicted molar refractivity (Wildman–Crippen MR) is 49.8 cm³/mol. The van der Waals surface area contributed by atoms with Crippen LogP contribution in [0, 0.1) is 0 Å². The van der Waals surface area contributed by atoms with Gasteiger partial charge in [0.05, 0.1) is 0 Å². The molecule has 0 saturated carbocycles. The highest BCUT2D eigenvalue weighted by Gasteiger charge is 2.27. The molecule has 0 aliphatic rings. The molecule has 0 bridgehead atoms. The third kappa shape index (κ3) is 3.26. The molecule has 0 aromatic heterocycles. The zero-order chi connectivity index (χ0) is 11.0. The number of amides is 3. The molecule has 0 aliphatic heterocycles. The quantitative estimate of drug-likeness (QED) is 0.275. The van der Waals surface area contributed by atoms with Crippen molar-refractivity contribution >= 4 is 18.7 Å². The Morgan fingerprint density at radius 3 is 2.14 bits per heavy atom. The van der Waals surface area contributed by atoms with Gasteiger partial charge in [-0.3, -0.25) is 14.4 Å². The van der Waals surface area contributed by atoms with Crippen molar-refractivity contribution in [3.8, 4) is 0 Å². The molecule has 3 amide bonds. The lowest BCUT2D eigenvalue weighted by atomic mass is 10.2. The van der Waals surface area contributed by atoms with Gasteiger partial charge in [0.2, 0.25) is 18.7 Å². The average molecular weight is 199 g/mol. The second-order valence-electron chi connectivity index (χ2n) is 2.48. The van der Waals surface area contributed by atoms with Crippen LogP contribution < -0.4 is 16.0 Å². The van der Waals surface area contributed by atoms with E-state index in [9.17, 15) is 14.4 Å². The monoisotopic (exact) mass is 199 g/mol. The summed E-state index contributed by atoms with van der Waals surface area (Å²) in [4.78, 5) is 31.6. The Balaban J connectivity index is 4.62. The van der Waals surface area contributed by atoms with Crippen molar-refractivity contribution in [1.29, 1.82) is 0 Å². The van der Waals surface area contributed by atoms with Gasteiger partial charge in [-0.1, -0.05) is 13.5 Å². The number of hydrogen-bond acceptors (Lipinski definition) is 3. The topological polar surface area (TPSA) is 87.3 Å². The molecule has 0 aliphatic carbocycles. The maximum Gasteiger partial charge on any atom is 0.246 e. The lowest BCUT2D eigenvalue weighted by Crippen LogP contribution is -2.66. The Bertz CT molecular complexity index is 230.